The molecule has 98 valence electrons. The molecule has 6 heteroatoms. The van der Waals surface area contributed by atoms with Gasteiger partial charge in [0, 0.05) is 37.5 Å². The smallest absolute Gasteiger partial charge is 0.113 e. The number of aromatic nitrogens is 5. The third kappa shape index (κ3) is 2.78. The minimum Gasteiger partial charge on any atom is -0.337 e. The molecule has 3 aromatic rings. The molecule has 0 amide bonds. The Morgan fingerprint density at radius 3 is 3.11 bits per heavy atom. The lowest BCUT2D eigenvalue weighted by Gasteiger charge is -2.03. The number of aryl methyl sites for hydroxylation is 2. The summed E-state index contributed by atoms with van der Waals surface area (Å²) in [5.41, 5.74) is 3.34. The van der Waals surface area contributed by atoms with Gasteiger partial charge in [-0.2, -0.15) is 11.8 Å². The highest BCUT2D eigenvalue weighted by Crippen LogP contribution is 2.17. The molecular weight excluding hydrogens is 258 g/mol. The summed E-state index contributed by atoms with van der Waals surface area (Å²) in [5.74, 6) is 2.08. The molecule has 0 bridgehead atoms. The summed E-state index contributed by atoms with van der Waals surface area (Å²) < 4.78 is 3.89. The second kappa shape index (κ2) is 5.44. The van der Waals surface area contributed by atoms with Crippen molar-refractivity contribution in [3.8, 4) is 0 Å². The minimum atomic E-state index is 0.968. The zero-order valence-electron chi connectivity index (χ0n) is 10.7. The van der Waals surface area contributed by atoms with Crippen LogP contribution in [0.4, 0.5) is 0 Å². The average Bonchev–Trinajstić information content (AvgIpc) is 3.05. The van der Waals surface area contributed by atoms with Crippen LogP contribution in [0.25, 0.3) is 11.0 Å². The third-order valence-corrected chi connectivity index (χ3v) is 4.01. The van der Waals surface area contributed by atoms with Crippen LogP contribution in [-0.2, 0) is 19.3 Å². The molecule has 0 unspecified atom stereocenters. The van der Waals surface area contributed by atoms with Crippen molar-refractivity contribution in [1.82, 2.24) is 24.5 Å². The Morgan fingerprint density at radius 1 is 1.32 bits per heavy atom. The maximum atomic E-state index is 4.14. The molecule has 5 nitrogen and oxygen atoms in total. The molecule has 2 aromatic heterocycles. The molecule has 3 rings (SSSR count). The lowest BCUT2D eigenvalue weighted by molar-refractivity contribution is 0.736. The molecule has 0 aliphatic rings. The van der Waals surface area contributed by atoms with Crippen LogP contribution < -0.4 is 0 Å². The van der Waals surface area contributed by atoms with Crippen molar-refractivity contribution in [2.75, 3.05) is 5.75 Å². The van der Waals surface area contributed by atoms with E-state index >= 15 is 0 Å². The van der Waals surface area contributed by atoms with E-state index in [1.807, 2.05) is 37.5 Å². The highest BCUT2D eigenvalue weighted by atomic mass is 32.2. The van der Waals surface area contributed by atoms with Crippen molar-refractivity contribution >= 4 is 22.8 Å². The molecule has 0 spiro atoms. The molecule has 0 radical (unpaired) electrons. The van der Waals surface area contributed by atoms with Crippen LogP contribution in [0.5, 0.6) is 0 Å². The van der Waals surface area contributed by atoms with Crippen molar-refractivity contribution in [2.45, 2.75) is 12.3 Å². The number of fused-ring (bicyclic) bond motifs is 1. The Morgan fingerprint density at radius 2 is 2.26 bits per heavy atom. The first-order chi connectivity index (χ1) is 9.33. The fourth-order valence-electron chi connectivity index (χ4n) is 1.95. The zero-order valence-corrected chi connectivity index (χ0v) is 11.5. The van der Waals surface area contributed by atoms with Crippen LogP contribution in [0, 0.1) is 0 Å². The van der Waals surface area contributed by atoms with Gasteiger partial charge in [0.1, 0.15) is 5.52 Å². The number of thioether (sulfide) groups is 1. The Bertz CT molecular complexity index is 659. The molecule has 0 saturated carbocycles. The number of nitrogens with zero attached hydrogens (tertiary/aromatic N) is 5. The van der Waals surface area contributed by atoms with Crippen molar-refractivity contribution in [3.05, 3.63) is 42.5 Å². The van der Waals surface area contributed by atoms with E-state index in [0.29, 0.717) is 0 Å². The van der Waals surface area contributed by atoms with E-state index in [2.05, 4.69) is 38.1 Å². The summed E-state index contributed by atoms with van der Waals surface area (Å²) in [5, 5.41) is 8.16. The number of hydrogen-bond acceptors (Lipinski definition) is 4. The number of imidazole rings is 1. The molecule has 0 aliphatic heterocycles. The maximum Gasteiger partial charge on any atom is 0.113 e. The number of rotatable bonds is 5. The molecule has 0 atom stereocenters. The highest BCUT2D eigenvalue weighted by molar-refractivity contribution is 7.98. The molecule has 0 saturated heterocycles. The fraction of sp³-hybridized carbons (Fsp3) is 0.308. The van der Waals surface area contributed by atoms with E-state index in [0.717, 1.165) is 29.1 Å². The van der Waals surface area contributed by atoms with Gasteiger partial charge >= 0.3 is 0 Å². The Kier molecular flexibility index (Phi) is 3.50. The van der Waals surface area contributed by atoms with Crippen molar-refractivity contribution < 1.29 is 0 Å². The second-order valence-corrected chi connectivity index (χ2v) is 5.49. The highest BCUT2D eigenvalue weighted by Gasteiger charge is 2.02. The first kappa shape index (κ1) is 12.2. The van der Waals surface area contributed by atoms with Gasteiger partial charge < -0.3 is 4.57 Å². The Hall–Kier alpha value is -1.82. The van der Waals surface area contributed by atoms with Crippen LogP contribution in [-0.4, -0.2) is 30.3 Å². The second-order valence-electron chi connectivity index (χ2n) is 4.39. The largest absolute Gasteiger partial charge is 0.337 e. The maximum absolute atomic E-state index is 4.14. The molecule has 19 heavy (non-hydrogen) atoms. The van der Waals surface area contributed by atoms with Crippen LogP contribution in [0.15, 0.2) is 36.9 Å². The van der Waals surface area contributed by atoms with Crippen LogP contribution in [0.3, 0.4) is 0 Å². The van der Waals surface area contributed by atoms with E-state index in [4.69, 9.17) is 0 Å². The van der Waals surface area contributed by atoms with Gasteiger partial charge in [-0.3, -0.25) is 0 Å². The molecular formula is C13H15N5S. The van der Waals surface area contributed by atoms with Gasteiger partial charge in [-0.05, 0) is 17.7 Å². The third-order valence-electron chi connectivity index (χ3n) is 3.00. The zero-order chi connectivity index (χ0) is 13.1. The van der Waals surface area contributed by atoms with E-state index in [-0.39, 0.29) is 0 Å². The van der Waals surface area contributed by atoms with Crippen molar-refractivity contribution in [3.63, 3.8) is 0 Å². The summed E-state index contributed by atoms with van der Waals surface area (Å²) in [6.07, 6.45) is 5.66. The first-order valence-electron chi connectivity index (χ1n) is 6.15. The van der Waals surface area contributed by atoms with Crippen LogP contribution >= 0.6 is 11.8 Å². The lowest BCUT2D eigenvalue weighted by Crippen LogP contribution is -1.97. The number of hydrogen-bond donors (Lipinski definition) is 0. The summed E-state index contributed by atoms with van der Waals surface area (Å²) in [6, 6.07) is 6.35. The molecule has 1 aromatic carbocycles. The summed E-state index contributed by atoms with van der Waals surface area (Å²) >= 11 is 1.92. The fourth-order valence-corrected chi connectivity index (χ4v) is 2.85. The van der Waals surface area contributed by atoms with Gasteiger partial charge in [-0.1, -0.05) is 11.3 Å². The van der Waals surface area contributed by atoms with Gasteiger partial charge in [0.15, 0.2) is 0 Å². The number of benzene rings is 1. The summed E-state index contributed by atoms with van der Waals surface area (Å²) in [6.45, 7) is 0.998. The normalized spacial score (nSPS) is 11.2. The van der Waals surface area contributed by atoms with E-state index < -0.39 is 0 Å². The van der Waals surface area contributed by atoms with Gasteiger partial charge in [0.2, 0.25) is 0 Å². The van der Waals surface area contributed by atoms with E-state index in [9.17, 15) is 0 Å². The van der Waals surface area contributed by atoms with Gasteiger partial charge in [0.25, 0.3) is 0 Å². The summed E-state index contributed by atoms with van der Waals surface area (Å²) in [4.78, 5) is 4.03. The average molecular weight is 273 g/mol. The topological polar surface area (TPSA) is 48.5 Å². The monoisotopic (exact) mass is 273 g/mol. The van der Waals surface area contributed by atoms with Crippen LogP contribution in [0.2, 0.25) is 0 Å². The molecule has 0 fully saturated rings. The van der Waals surface area contributed by atoms with Crippen LogP contribution in [0.1, 0.15) is 5.56 Å². The molecule has 0 aliphatic carbocycles. The van der Waals surface area contributed by atoms with Gasteiger partial charge in [0.05, 0.1) is 11.8 Å². The van der Waals surface area contributed by atoms with Gasteiger partial charge in [-0.25, -0.2) is 9.67 Å². The minimum absolute atomic E-state index is 0.968. The molecule has 0 N–H and O–H groups in total. The lowest BCUT2D eigenvalue weighted by atomic mass is 10.2. The predicted molar refractivity (Wildman–Crippen MR) is 76.9 cm³/mol. The van der Waals surface area contributed by atoms with Crippen molar-refractivity contribution in [2.24, 2.45) is 7.05 Å². The molecule has 2 heterocycles. The van der Waals surface area contributed by atoms with Gasteiger partial charge in [-0.15, -0.1) is 5.10 Å². The first-order valence-corrected chi connectivity index (χ1v) is 7.30. The Balaban J connectivity index is 1.56. The quantitative estimate of drug-likeness (QED) is 0.668. The van der Waals surface area contributed by atoms with Crippen molar-refractivity contribution in [1.29, 1.82) is 0 Å². The predicted octanol–water partition coefficient (Wildman–Crippen LogP) is 2.10. The van der Waals surface area contributed by atoms with E-state index in [1.54, 1.807) is 4.68 Å². The Labute approximate surface area is 115 Å². The SMILES string of the molecule is Cn1nnc2cc(CSCCn3ccnc3)ccc21. The van der Waals surface area contributed by atoms with E-state index in [1.165, 1.54) is 5.56 Å². The summed E-state index contributed by atoms with van der Waals surface area (Å²) in [7, 11) is 1.91. The standard InChI is InChI=1S/C13H15N5S/c1-17-13-3-2-11(8-12(13)15-16-17)9-19-7-6-18-5-4-14-10-18/h2-5,8,10H,6-7,9H2,1H3.